The monoisotopic (exact) mass is 456 g/mol. The van der Waals surface area contributed by atoms with Gasteiger partial charge < -0.3 is 19.6 Å². The molecule has 6 nitrogen and oxygen atoms in total. The average Bonchev–Trinajstić information content (AvgIpc) is 3.25. The molecule has 1 aromatic rings. The summed E-state index contributed by atoms with van der Waals surface area (Å²) < 4.78 is 37.2. The van der Waals surface area contributed by atoms with Gasteiger partial charge >= 0.3 is 12.1 Å². The van der Waals surface area contributed by atoms with E-state index in [4.69, 9.17) is 14.6 Å². The largest absolute Gasteiger partial charge is 0.490 e. The summed E-state index contributed by atoms with van der Waals surface area (Å²) in [4.78, 5) is 26.9. The second-order valence-electron chi connectivity index (χ2n) is 9.25. The average molecular weight is 457 g/mol. The van der Waals surface area contributed by atoms with Gasteiger partial charge in [0.25, 0.3) is 0 Å². The first-order valence-corrected chi connectivity index (χ1v) is 11.1. The number of carboxylic acids is 1. The topological polar surface area (TPSA) is 70.1 Å². The van der Waals surface area contributed by atoms with Crippen LogP contribution < -0.4 is 4.90 Å². The van der Waals surface area contributed by atoms with E-state index in [2.05, 4.69) is 47.9 Å². The molecule has 178 valence electrons. The fraction of sp³-hybridized carbons (Fsp3) is 0.652. The summed E-state index contributed by atoms with van der Waals surface area (Å²) in [5, 5.41) is 7.12. The highest BCUT2D eigenvalue weighted by Crippen LogP contribution is 2.47. The smallest absolute Gasteiger partial charge is 0.475 e. The van der Waals surface area contributed by atoms with Gasteiger partial charge in [0.2, 0.25) is 5.91 Å². The summed E-state index contributed by atoms with van der Waals surface area (Å²) in [7, 11) is 0. The number of nitrogens with zero attached hydrogens (tertiary/aromatic N) is 2. The van der Waals surface area contributed by atoms with Gasteiger partial charge in [0.05, 0.1) is 5.41 Å². The molecule has 2 fully saturated rings. The van der Waals surface area contributed by atoms with Gasteiger partial charge in [-0.25, -0.2) is 4.79 Å². The normalized spacial score (nSPS) is 24.1. The summed E-state index contributed by atoms with van der Waals surface area (Å²) in [5.74, 6) is -1.22. The molecule has 1 spiro atoms. The first-order chi connectivity index (χ1) is 15.0. The molecule has 1 N–H and O–H groups in total. The van der Waals surface area contributed by atoms with Crippen LogP contribution in [-0.4, -0.2) is 67.5 Å². The van der Waals surface area contributed by atoms with Crippen molar-refractivity contribution in [3.63, 3.8) is 0 Å². The number of aliphatic carboxylic acids is 1. The van der Waals surface area contributed by atoms with E-state index in [1.807, 2.05) is 0 Å². The number of ether oxygens (including phenoxy) is 1. The third-order valence-electron chi connectivity index (χ3n) is 6.36. The van der Waals surface area contributed by atoms with Crippen LogP contribution in [-0.2, 0) is 19.7 Å². The van der Waals surface area contributed by atoms with Crippen LogP contribution in [0.25, 0.3) is 0 Å². The lowest BCUT2D eigenvalue weighted by atomic mass is 9.81. The molecular weight excluding hydrogens is 425 g/mol. The Kier molecular flexibility index (Phi) is 7.50. The number of carbonyl (C=O) groups is 2. The molecule has 0 saturated carbocycles. The van der Waals surface area contributed by atoms with Gasteiger partial charge in [-0.1, -0.05) is 32.0 Å². The number of para-hydroxylation sites is 1. The lowest BCUT2D eigenvalue weighted by Gasteiger charge is -2.29. The number of carboxylic acid groups (broad SMARTS) is 1. The molecular formula is C23H31F3N2O4. The zero-order chi connectivity index (χ0) is 23.5. The quantitative estimate of drug-likeness (QED) is 0.748. The summed E-state index contributed by atoms with van der Waals surface area (Å²) in [6, 6.07) is 8.47. The highest BCUT2D eigenvalue weighted by atomic mass is 19.4. The van der Waals surface area contributed by atoms with Crippen molar-refractivity contribution in [2.75, 3.05) is 44.3 Å². The van der Waals surface area contributed by atoms with E-state index in [0.29, 0.717) is 11.8 Å². The van der Waals surface area contributed by atoms with Crippen LogP contribution in [0.4, 0.5) is 18.9 Å². The van der Waals surface area contributed by atoms with E-state index in [9.17, 15) is 18.0 Å². The Balaban J connectivity index is 0.000000360. The molecule has 0 aliphatic carbocycles. The van der Waals surface area contributed by atoms with E-state index < -0.39 is 12.1 Å². The van der Waals surface area contributed by atoms with Gasteiger partial charge in [0.1, 0.15) is 0 Å². The number of anilines is 1. The number of hydrogen-bond acceptors (Lipinski definition) is 4. The zero-order valence-corrected chi connectivity index (χ0v) is 18.5. The van der Waals surface area contributed by atoms with Gasteiger partial charge in [0.15, 0.2) is 0 Å². The van der Waals surface area contributed by atoms with Gasteiger partial charge in [-0.2, -0.15) is 13.2 Å². The SMILES string of the molecule is CC(C)CN1C(=O)C2(CCN(CC3CCOCC3)C2)c2ccccc21.O=C(O)C(F)(F)F. The van der Waals surface area contributed by atoms with Crippen molar-refractivity contribution in [3.8, 4) is 0 Å². The highest BCUT2D eigenvalue weighted by molar-refractivity contribution is 6.08. The van der Waals surface area contributed by atoms with E-state index >= 15 is 0 Å². The molecule has 32 heavy (non-hydrogen) atoms. The van der Waals surface area contributed by atoms with Gasteiger partial charge in [-0.15, -0.1) is 0 Å². The van der Waals surface area contributed by atoms with Crippen LogP contribution in [0, 0.1) is 11.8 Å². The first-order valence-electron chi connectivity index (χ1n) is 11.1. The van der Waals surface area contributed by atoms with Crippen LogP contribution in [0.15, 0.2) is 24.3 Å². The third kappa shape index (κ3) is 5.26. The number of amides is 1. The van der Waals surface area contributed by atoms with Crippen molar-refractivity contribution in [2.24, 2.45) is 11.8 Å². The van der Waals surface area contributed by atoms with Crippen LogP contribution in [0.5, 0.6) is 0 Å². The lowest BCUT2D eigenvalue weighted by Crippen LogP contribution is -2.44. The molecule has 9 heteroatoms. The molecule has 1 unspecified atom stereocenters. The van der Waals surface area contributed by atoms with Crippen LogP contribution in [0.3, 0.4) is 0 Å². The number of likely N-dealkylation sites (tertiary alicyclic amines) is 1. The number of hydrogen-bond donors (Lipinski definition) is 1. The Labute approximate surface area is 186 Å². The van der Waals surface area contributed by atoms with Crippen molar-refractivity contribution < 1.29 is 32.6 Å². The summed E-state index contributed by atoms with van der Waals surface area (Å²) >= 11 is 0. The second kappa shape index (κ2) is 9.79. The summed E-state index contributed by atoms with van der Waals surface area (Å²) in [6.45, 7) is 10.0. The number of benzene rings is 1. The first kappa shape index (κ1) is 24.5. The minimum absolute atomic E-state index is 0.309. The maximum Gasteiger partial charge on any atom is 0.490 e. The molecule has 3 aliphatic rings. The molecule has 1 aromatic carbocycles. The Morgan fingerprint density at radius 2 is 1.88 bits per heavy atom. The number of carbonyl (C=O) groups excluding carboxylic acids is 1. The lowest BCUT2D eigenvalue weighted by molar-refractivity contribution is -0.192. The van der Waals surface area contributed by atoms with Gasteiger partial charge in [-0.3, -0.25) is 4.79 Å². The third-order valence-corrected chi connectivity index (χ3v) is 6.36. The van der Waals surface area contributed by atoms with Crippen molar-refractivity contribution in [1.29, 1.82) is 0 Å². The Bertz CT molecular complexity index is 824. The van der Waals surface area contributed by atoms with E-state index in [-0.39, 0.29) is 5.41 Å². The van der Waals surface area contributed by atoms with Gasteiger partial charge in [-0.05, 0) is 49.3 Å². The molecule has 2 saturated heterocycles. The van der Waals surface area contributed by atoms with E-state index in [1.165, 1.54) is 5.56 Å². The van der Waals surface area contributed by atoms with Crippen molar-refractivity contribution in [3.05, 3.63) is 29.8 Å². The van der Waals surface area contributed by atoms with Crippen LogP contribution >= 0.6 is 0 Å². The Hall–Kier alpha value is -2.13. The minimum Gasteiger partial charge on any atom is -0.475 e. The predicted molar refractivity (Wildman–Crippen MR) is 114 cm³/mol. The summed E-state index contributed by atoms with van der Waals surface area (Å²) in [5.41, 5.74) is 2.10. The van der Waals surface area contributed by atoms with Crippen LogP contribution in [0.1, 0.15) is 38.7 Å². The highest BCUT2D eigenvalue weighted by Gasteiger charge is 2.54. The number of halogens is 3. The predicted octanol–water partition coefficient (Wildman–Crippen LogP) is 3.69. The number of alkyl halides is 3. The zero-order valence-electron chi connectivity index (χ0n) is 18.5. The fourth-order valence-corrected chi connectivity index (χ4v) is 4.88. The van der Waals surface area contributed by atoms with Crippen molar-refractivity contribution >= 4 is 17.6 Å². The Morgan fingerprint density at radius 3 is 2.47 bits per heavy atom. The maximum atomic E-state index is 13.4. The van der Waals surface area contributed by atoms with E-state index in [0.717, 1.165) is 70.3 Å². The van der Waals surface area contributed by atoms with Gasteiger partial charge in [0, 0.05) is 38.5 Å². The number of rotatable bonds is 4. The second-order valence-corrected chi connectivity index (χ2v) is 9.25. The minimum atomic E-state index is -5.08. The molecule has 3 heterocycles. The maximum absolute atomic E-state index is 13.4. The molecule has 3 aliphatic heterocycles. The Morgan fingerprint density at radius 1 is 1.25 bits per heavy atom. The van der Waals surface area contributed by atoms with E-state index in [1.54, 1.807) is 0 Å². The van der Waals surface area contributed by atoms with Crippen molar-refractivity contribution in [2.45, 2.75) is 44.7 Å². The molecule has 1 amide bonds. The molecule has 0 radical (unpaired) electrons. The number of fused-ring (bicyclic) bond motifs is 2. The summed E-state index contributed by atoms with van der Waals surface area (Å²) in [6.07, 6.45) is -1.80. The van der Waals surface area contributed by atoms with Crippen LogP contribution in [0.2, 0.25) is 0 Å². The molecule has 0 aromatic heterocycles. The fourth-order valence-electron chi connectivity index (χ4n) is 4.88. The molecule has 1 atom stereocenters. The molecule has 0 bridgehead atoms. The molecule has 4 rings (SSSR count). The standard InChI is InChI=1S/C21H30N2O2.C2HF3O2/c1-16(2)13-23-19-6-4-3-5-18(19)21(20(23)24)9-10-22(15-21)14-17-7-11-25-12-8-17;3-2(4,5)1(6)7/h3-6,16-17H,7-15H2,1-2H3;(H,6,7). The van der Waals surface area contributed by atoms with Crippen molar-refractivity contribution in [1.82, 2.24) is 4.90 Å².